The number of hydrogen-bond donors (Lipinski definition) is 1. The molecule has 0 radical (unpaired) electrons. The molecule has 0 atom stereocenters. The summed E-state index contributed by atoms with van der Waals surface area (Å²) in [6.07, 6.45) is 6.16. The van der Waals surface area contributed by atoms with Crippen LogP contribution in [0.15, 0.2) is 36.7 Å². The van der Waals surface area contributed by atoms with Gasteiger partial charge in [-0.1, -0.05) is 0 Å². The first-order chi connectivity index (χ1) is 15.1. The molecule has 9 nitrogen and oxygen atoms in total. The molecule has 1 amide bonds. The van der Waals surface area contributed by atoms with Crippen LogP contribution < -0.4 is 15.0 Å². The van der Waals surface area contributed by atoms with Crippen molar-refractivity contribution in [2.24, 2.45) is 0 Å². The van der Waals surface area contributed by atoms with E-state index in [2.05, 4.69) is 29.5 Å². The van der Waals surface area contributed by atoms with Crippen molar-refractivity contribution in [3.63, 3.8) is 0 Å². The lowest BCUT2D eigenvalue weighted by atomic mass is 10.2. The minimum absolute atomic E-state index is 0.131. The zero-order valence-corrected chi connectivity index (χ0v) is 18.0. The number of piperazine rings is 1. The van der Waals surface area contributed by atoms with Gasteiger partial charge in [0.25, 0.3) is 0 Å². The van der Waals surface area contributed by atoms with Gasteiger partial charge in [-0.3, -0.25) is 4.79 Å². The molecule has 2 fully saturated rings. The van der Waals surface area contributed by atoms with Crippen LogP contribution in [0.5, 0.6) is 5.75 Å². The number of nitrogens with zero attached hydrogens (tertiary/aromatic N) is 6. The van der Waals surface area contributed by atoms with E-state index in [4.69, 9.17) is 4.74 Å². The maximum Gasteiger partial charge on any atom is 0.219 e. The second-order valence-corrected chi connectivity index (χ2v) is 8.39. The Hall–Kier alpha value is -3.27. The van der Waals surface area contributed by atoms with Crippen molar-refractivity contribution >= 4 is 34.1 Å². The quantitative estimate of drug-likeness (QED) is 0.629. The summed E-state index contributed by atoms with van der Waals surface area (Å²) in [4.78, 5) is 29.0. The molecule has 1 saturated carbocycles. The summed E-state index contributed by atoms with van der Waals surface area (Å²) in [6, 6.07) is 7.74. The van der Waals surface area contributed by atoms with Gasteiger partial charge in [-0.05, 0) is 37.1 Å². The molecule has 0 bridgehead atoms. The van der Waals surface area contributed by atoms with E-state index < -0.39 is 0 Å². The number of aromatic nitrogens is 4. The fraction of sp³-hybridized carbons (Fsp3) is 0.381. The normalized spacial score (nSPS) is 16.3. The molecule has 1 aliphatic heterocycles. The Balaban J connectivity index is 1.19. The Morgan fingerprint density at radius 1 is 1.10 bits per heavy atom. The summed E-state index contributed by atoms with van der Waals surface area (Å²) in [5, 5.41) is 3.86. The zero-order chi connectivity index (χ0) is 21.2. The molecule has 1 N–H and O–H groups in total. The van der Waals surface area contributed by atoms with Gasteiger partial charge in [0, 0.05) is 44.6 Å². The van der Waals surface area contributed by atoms with Crippen molar-refractivity contribution in [2.75, 3.05) is 36.4 Å². The molecule has 10 heteroatoms. The van der Waals surface area contributed by atoms with Crippen molar-refractivity contribution in [1.82, 2.24) is 24.2 Å². The third kappa shape index (κ3) is 4.74. The van der Waals surface area contributed by atoms with E-state index in [1.165, 1.54) is 11.5 Å². The van der Waals surface area contributed by atoms with Crippen molar-refractivity contribution in [2.45, 2.75) is 25.9 Å². The molecule has 0 spiro atoms. The predicted octanol–water partition coefficient (Wildman–Crippen LogP) is 2.95. The molecule has 0 aromatic carbocycles. The second-order valence-electron chi connectivity index (χ2n) is 7.64. The number of carbonyl (C=O) groups excluding carboxylic acids is 1. The third-order valence-electron chi connectivity index (χ3n) is 5.29. The number of carbonyl (C=O) groups is 1. The molecular weight excluding hydrogens is 414 g/mol. The fourth-order valence-corrected chi connectivity index (χ4v) is 3.96. The molecule has 5 rings (SSSR count). The van der Waals surface area contributed by atoms with Crippen LogP contribution in [0.1, 0.15) is 19.8 Å². The SMILES string of the molecule is CC(=O)N1CCN(c2ccc(Nc3nc(-c4ccc(OC5CC5)cn4)ns3)nc2)CC1. The monoisotopic (exact) mass is 437 g/mol. The zero-order valence-electron chi connectivity index (χ0n) is 17.2. The van der Waals surface area contributed by atoms with Crippen LogP contribution in [-0.4, -0.2) is 62.4 Å². The van der Waals surface area contributed by atoms with Crippen LogP contribution in [0.25, 0.3) is 11.5 Å². The third-order valence-corrected chi connectivity index (χ3v) is 5.92. The van der Waals surface area contributed by atoms with Gasteiger partial charge in [0.2, 0.25) is 11.0 Å². The molecule has 3 aromatic rings. The fourth-order valence-electron chi connectivity index (χ4n) is 3.38. The number of ether oxygens (including phenoxy) is 1. The van der Waals surface area contributed by atoms with Crippen molar-refractivity contribution < 1.29 is 9.53 Å². The van der Waals surface area contributed by atoms with Gasteiger partial charge in [0.05, 0.1) is 24.2 Å². The van der Waals surface area contributed by atoms with Gasteiger partial charge in [0.15, 0.2) is 5.82 Å². The maximum absolute atomic E-state index is 11.5. The Morgan fingerprint density at radius 3 is 2.58 bits per heavy atom. The van der Waals surface area contributed by atoms with Gasteiger partial charge in [0.1, 0.15) is 17.3 Å². The van der Waals surface area contributed by atoms with Crippen molar-refractivity contribution in [3.05, 3.63) is 36.7 Å². The molecule has 4 heterocycles. The van der Waals surface area contributed by atoms with E-state index in [0.29, 0.717) is 28.6 Å². The number of rotatable bonds is 6. The highest BCUT2D eigenvalue weighted by atomic mass is 32.1. The van der Waals surface area contributed by atoms with E-state index in [1.54, 1.807) is 13.1 Å². The summed E-state index contributed by atoms with van der Waals surface area (Å²) < 4.78 is 10.1. The molecule has 31 heavy (non-hydrogen) atoms. The lowest BCUT2D eigenvalue weighted by molar-refractivity contribution is -0.129. The van der Waals surface area contributed by atoms with Gasteiger partial charge in [-0.25, -0.2) is 9.97 Å². The van der Waals surface area contributed by atoms with Crippen molar-refractivity contribution in [1.29, 1.82) is 0 Å². The number of amides is 1. The van der Waals surface area contributed by atoms with E-state index in [1.807, 2.05) is 35.4 Å². The van der Waals surface area contributed by atoms with Crippen LogP contribution in [0.2, 0.25) is 0 Å². The molecule has 1 aliphatic carbocycles. The van der Waals surface area contributed by atoms with Gasteiger partial charge >= 0.3 is 0 Å². The second kappa shape index (κ2) is 8.46. The van der Waals surface area contributed by atoms with E-state index in [0.717, 1.165) is 50.5 Å². The van der Waals surface area contributed by atoms with Crippen LogP contribution in [0.4, 0.5) is 16.6 Å². The largest absolute Gasteiger partial charge is 0.489 e. The first-order valence-corrected chi connectivity index (χ1v) is 11.1. The first kappa shape index (κ1) is 19.7. The maximum atomic E-state index is 11.5. The average molecular weight is 438 g/mol. The number of hydrogen-bond acceptors (Lipinski definition) is 9. The van der Waals surface area contributed by atoms with Crippen LogP contribution in [-0.2, 0) is 4.79 Å². The van der Waals surface area contributed by atoms with Crippen LogP contribution >= 0.6 is 11.5 Å². The summed E-state index contributed by atoms with van der Waals surface area (Å²) in [6.45, 7) is 4.72. The average Bonchev–Trinajstić information content (AvgIpc) is 3.49. The van der Waals surface area contributed by atoms with Gasteiger partial charge < -0.3 is 19.9 Å². The number of pyridine rings is 2. The highest BCUT2D eigenvalue weighted by Gasteiger charge is 2.23. The standard InChI is InChI=1S/C21H23N7O2S/c1-14(29)27-8-10-28(11-9-27)15-2-7-19(23-12-15)24-21-25-20(26-31-21)18-6-5-17(13-22-18)30-16-3-4-16/h2,5-7,12-13,16H,3-4,8-11H2,1H3,(H,23,24,25,26). The van der Waals surface area contributed by atoms with Crippen molar-refractivity contribution in [3.8, 4) is 17.3 Å². The lowest BCUT2D eigenvalue weighted by Crippen LogP contribution is -2.48. The summed E-state index contributed by atoms with van der Waals surface area (Å²) in [5.41, 5.74) is 1.75. The van der Waals surface area contributed by atoms with Gasteiger partial charge in [-0.2, -0.15) is 9.36 Å². The summed E-state index contributed by atoms with van der Waals surface area (Å²) in [5.74, 6) is 2.19. The minimum Gasteiger partial charge on any atom is -0.489 e. The van der Waals surface area contributed by atoms with Crippen LogP contribution in [0.3, 0.4) is 0 Å². The Kier molecular flexibility index (Phi) is 5.37. The topological polar surface area (TPSA) is 96.4 Å². The van der Waals surface area contributed by atoms with Gasteiger partial charge in [-0.15, -0.1) is 0 Å². The smallest absolute Gasteiger partial charge is 0.219 e. The highest BCUT2D eigenvalue weighted by molar-refractivity contribution is 7.09. The first-order valence-electron chi connectivity index (χ1n) is 10.3. The highest BCUT2D eigenvalue weighted by Crippen LogP contribution is 2.28. The van der Waals surface area contributed by atoms with E-state index in [-0.39, 0.29) is 5.91 Å². The summed E-state index contributed by atoms with van der Waals surface area (Å²) >= 11 is 1.27. The Labute approximate surface area is 184 Å². The molecule has 1 saturated heterocycles. The molecule has 3 aromatic heterocycles. The lowest BCUT2D eigenvalue weighted by Gasteiger charge is -2.35. The number of anilines is 3. The Bertz CT molecular complexity index is 1040. The Morgan fingerprint density at radius 2 is 1.94 bits per heavy atom. The molecule has 0 unspecified atom stereocenters. The van der Waals surface area contributed by atoms with Crippen LogP contribution in [0, 0.1) is 0 Å². The minimum atomic E-state index is 0.131. The molecule has 160 valence electrons. The predicted molar refractivity (Wildman–Crippen MR) is 119 cm³/mol. The van der Waals surface area contributed by atoms with E-state index in [9.17, 15) is 4.79 Å². The van der Waals surface area contributed by atoms with E-state index >= 15 is 0 Å². The molecular formula is C21H23N7O2S. The summed E-state index contributed by atoms with van der Waals surface area (Å²) in [7, 11) is 0. The number of nitrogens with one attached hydrogen (secondary N) is 1. The molecule has 2 aliphatic rings.